The molecular weight excluding hydrogens is 418 g/mol. The average Bonchev–Trinajstić information content (AvgIpc) is 2.75. The molecule has 0 N–H and O–H groups in total. The first kappa shape index (κ1) is 23.8. The van der Waals surface area contributed by atoms with Gasteiger partial charge in [-0.3, -0.25) is 9.59 Å². The van der Waals surface area contributed by atoms with Gasteiger partial charge in [-0.15, -0.1) is 0 Å². The van der Waals surface area contributed by atoms with Crippen LogP contribution in [0.4, 0.5) is 0 Å². The van der Waals surface area contributed by atoms with Crippen LogP contribution in [-0.2, 0) is 14.3 Å². The van der Waals surface area contributed by atoms with E-state index in [1.807, 2.05) is 43.0 Å². The van der Waals surface area contributed by atoms with Crippen molar-refractivity contribution in [3.8, 4) is 5.75 Å². The standard InChI is InChI=1S/C23H34ClN3O4/c1-18-13-19(7-8-20(18)24)30-17-23(14-21(28)26-9-5-4-6-10-26)16-27(11-12-31-23)22(29)15-25(2)3/h7-8,13H,4-6,9-12,14-17H2,1-3H3/t23-/m1/s1. The number of halogens is 1. The van der Waals surface area contributed by atoms with E-state index in [4.69, 9.17) is 21.1 Å². The number of carbonyl (C=O) groups is 2. The van der Waals surface area contributed by atoms with E-state index in [0.29, 0.717) is 37.0 Å². The molecule has 31 heavy (non-hydrogen) atoms. The summed E-state index contributed by atoms with van der Waals surface area (Å²) in [6.45, 7) is 5.26. The number of likely N-dealkylation sites (tertiary alicyclic amines) is 1. The first-order valence-corrected chi connectivity index (χ1v) is 11.4. The van der Waals surface area contributed by atoms with Crippen LogP contribution in [0.5, 0.6) is 5.75 Å². The van der Waals surface area contributed by atoms with Crippen molar-refractivity contribution in [2.45, 2.75) is 38.2 Å². The Balaban J connectivity index is 1.75. The molecule has 0 unspecified atom stereocenters. The fraction of sp³-hybridized carbons (Fsp3) is 0.652. The summed E-state index contributed by atoms with van der Waals surface area (Å²) in [6.07, 6.45) is 3.43. The molecule has 0 spiro atoms. The number of benzene rings is 1. The summed E-state index contributed by atoms with van der Waals surface area (Å²) in [5.41, 5.74) is 0.0485. The minimum Gasteiger partial charge on any atom is -0.490 e. The lowest BCUT2D eigenvalue weighted by molar-refractivity contribution is -0.166. The molecule has 2 saturated heterocycles. The van der Waals surface area contributed by atoms with Gasteiger partial charge in [0.15, 0.2) is 0 Å². The smallest absolute Gasteiger partial charge is 0.236 e. The zero-order chi connectivity index (χ0) is 22.4. The Morgan fingerprint density at radius 1 is 1.13 bits per heavy atom. The Bertz CT molecular complexity index is 782. The van der Waals surface area contributed by atoms with Gasteiger partial charge in [0.25, 0.3) is 0 Å². The molecule has 2 aliphatic rings. The van der Waals surface area contributed by atoms with Crippen LogP contribution in [0.25, 0.3) is 0 Å². The van der Waals surface area contributed by atoms with Crippen LogP contribution < -0.4 is 4.74 Å². The topological polar surface area (TPSA) is 62.3 Å². The SMILES string of the molecule is Cc1cc(OC[C@@]2(CC(=O)N3CCCCC3)CN(C(=O)CN(C)C)CCO2)ccc1Cl. The number of carbonyl (C=O) groups excluding carboxylic acids is 2. The number of rotatable bonds is 7. The summed E-state index contributed by atoms with van der Waals surface area (Å²) in [5.74, 6) is 0.773. The van der Waals surface area contributed by atoms with Gasteiger partial charge in [-0.2, -0.15) is 0 Å². The van der Waals surface area contributed by atoms with Crippen LogP contribution in [0.1, 0.15) is 31.2 Å². The Morgan fingerprint density at radius 2 is 1.87 bits per heavy atom. The van der Waals surface area contributed by atoms with E-state index >= 15 is 0 Å². The minimum absolute atomic E-state index is 0.0328. The van der Waals surface area contributed by atoms with Crippen LogP contribution in [0.15, 0.2) is 18.2 Å². The van der Waals surface area contributed by atoms with Crippen molar-refractivity contribution in [1.82, 2.24) is 14.7 Å². The van der Waals surface area contributed by atoms with Crippen molar-refractivity contribution in [2.24, 2.45) is 0 Å². The van der Waals surface area contributed by atoms with Gasteiger partial charge in [0.2, 0.25) is 11.8 Å². The Labute approximate surface area is 190 Å². The molecular formula is C23H34ClN3O4. The van der Waals surface area contributed by atoms with Crippen LogP contribution in [0, 0.1) is 6.92 Å². The highest BCUT2D eigenvalue weighted by Gasteiger charge is 2.42. The summed E-state index contributed by atoms with van der Waals surface area (Å²) in [6, 6.07) is 5.49. The molecule has 0 aromatic heterocycles. The van der Waals surface area contributed by atoms with Gasteiger partial charge >= 0.3 is 0 Å². The highest BCUT2D eigenvalue weighted by Crippen LogP contribution is 2.28. The quantitative estimate of drug-likeness (QED) is 0.637. The van der Waals surface area contributed by atoms with Crippen LogP contribution in [-0.4, -0.2) is 92.1 Å². The van der Waals surface area contributed by atoms with Gasteiger partial charge in [-0.05, 0) is 64.0 Å². The second kappa shape index (κ2) is 10.7. The second-order valence-electron chi connectivity index (χ2n) is 8.90. The summed E-state index contributed by atoms with van der Waals surface area (Å²) in [5, 5.41) is 0.678. The zero-order valence-corrected chi connectivity index (χ0v) is 19.6. The Morgan fingerprint density at radius 3 is 2.55 bits per heavy atom. The molecule has 0 bridgehead atoms. The summed E-state index contributed by atoms with van der Waals surface area (Å²) in [4.78, 5) is 31.4. The van der Waals surface area contributed by atoms with Crippen molar-refractivity contribution >= 4 is 23.4 Å². The molecule has 3 rings (SSSR count). The van der Waals surface area contributed by atoms with E-state index in [9.17, 15) is 9.59 Å². The molecule has 172 valence electrons. The lowest BCUT2D eigenvalue weighted by Crippen LogP contribution is -2.59. The molecule has 2 aliphatic heterocycles. The van der Waals surface area contributed by atoms with Crippen molar-refractivity contribution < 1.29 is 19.1 Å². The molecule has 2 amide bonds. The van der Waals surface area contributed by atoms with Crippen molar-refractivity contribution in [2.75, 3.05) is 60.0 Å². The third-order valence-corrected chi connectivity index (χ3v) is 6.29. The molecule has 0 radical (unpaired) electrons. The summed E-state index contributed by atoms with van der Waals surface area (Å²) >= 11 is 6.13. The minimum atomic E-state index is -0.873. The predicted molar refractivity (Wildman–Crippen MR) is 121 cm³/mol. The third-order valence-electron chi connectivity index (χ3n) is 5.87. The van der Waals surface area contributed by atoms with Gasteiger partial charge in [0.1, 0.15) is 18.0 Å². The molecule has 0 saturated carbocycles. The van der Waals surface area contributed by atoms with Crippen LogP contribution in [0.3, 0.4) is 0 Å². The molecule has 1 aromatic carbocycles. The average molecular weight is 452 g/mol. The van der Waals surface area contributed by atoms with E-state index in [0.717, 1.165) is 37.9 Å². The number of aryl methyl sites for hydroxylation is 1. The maximum Gasteiger partial charge on any atom is 0.236 e. The maximum atomic E-state index is 13.1. The van der Waals surface area contributed by atoms with E-state index in [1.54, 1.807) is 11.0 Å². The summed E-state index contributed by atoms with van der Waals surface area (Å²) in [7, 11) is 3.74. The molecule has 2 heterocycles. The van der Waals surface area contributed by atoms with E-state index < -0.39 is 5.60 Å². The molecule has 2 fully saturated rings. The molecule has 1 aromatic rings. The summed E-state index contributed by atoms with van der Waals surface area (Å²) < 4.78 is 12.3. The zero-order valence-electron chi connectivity index (χ0n) is 18.9. The number of ether oxygens (including phenoxy) is 2. The van der Waals surface area contributed by atoms with Gasteiger partial charge in [-0.1, -0.05) is 11.6 Å². The van der Waals surface area contributed by atoms with Gasteiger partial charge in [0.05, 0.1) is 26.1 Å². The fourth-order valence-corrected chi connectivity index (χ4v) is 4.24. The first-order valence-electron chi connectivity index (χ1n) is 11.0. The van der Waals surface area contributed by atoms with E-state index in [1.165, 1.54) is 0 Å². The Kier molecular flexibility index (Phi) is 8.19. The van der Waals surface area contributed by atoms with Gasteiger partial charge in [-0.25, -0.2) is 0 Å². The van der Waals surface area contributed by atoms with Gasteiger partial charge < -0.3 is 24.2 Å². The van der Waals surface area contributed by atoms with Crippen molar-refractivity contribution in [1.29, 1.82) is 0 Å². The van der Waals surface area contributed by atoms with Gasteiger partial charge in [0, 0.05) is 24.7 Å². The fourth-order valence-electron chi connectivity index (χ4n) is 4.13. The highest BCUT2D eigenvalue weighted by atomic mass is 35.5. The molecule has 8 heteroatoms. The number of hydrogen-bond acceptors (Lipinski definition) is 5. The lowest BCUT2D eigenvalue weighted by Gasteiger charge is -2.43. The van der Waals surface area contributed by atoms with Crippen molar-refractivity contribution in [3.63, 3.8) is 0 Å². The monoisotopic (exact) mass is 451 g/mol. The molecule has 7 nitrogen and oxygen atoms in total. The predicted octanol–water partition coefficient (Wildman–Crippen LogP) is 2.59. The number of likely N-dealkylation sites (N-methyl/N-ethyl adjacent to an activating group) is 1. The number of piperidine rings is 1. The second-order valence-corrected chi connectivity index (χ2v) is 9.31. The van der Waals surface area contributed by atoms with Crippen LogP contribution in [0.2, 0.25) is 5.02 Å². The molecule has 1 atom stereocenters. The van der Waals surface area contributed by atoms with Crippen LogP contribution >= 0.6 is 11.6 Å². The number of amides is 2. The first-order chi connectivity index (χ1) is 14.8. The molecule has 0 aliphatic carbocycles. The van der Waals surface area contributed by atoms with E-state index in [-0.39, 0.29) is 24.8 Å². The highest BCUT2D eigenvalue weighted by molar-refractivity contribution is 6.31. The largest absolute Gasteiger partial charge is 0.490 e. The number of hydrogen-bond donors (Lipinski definition) is 0. The van der Waals surface area contributed by atoms with Crippen molar-refractivity contribution in [3.05, 3.63) is 28.8 Å². The normalized spacial score (nSPS) is 22.0. The van der Waals surface area contributed by atoms with E-state index in [2.05, 4.69) is 0 Å². The number of morpholine rings is 1. The Hall–Kier alpha value is -1.83. The lowest BCUT2D eigenvalue weighted by atomic mass is 9.96. The third kappa shape index (κ3) is 6.57. The number of nitrogens with zero attached hydrogens (tertiary/aromatic N) is 3. The maximum absolute atomic E-state index is 13.1.